The van der Waals surface area contributed by atoms with Gasteiger partial charge in [0.2, 0.25) is 0 Å². The molecule has 1 rings (SSSR count). The lowest BCUT2D eigenvalue weighted by molar-refractivity contribution is -0.453. The van der Waals surface area contributed by atoms with Crippen molar-refractivity contribution < 1.29 is 72.4 Å². The van der Waals surface area contributed by atoms with Crippen LogP contribution >= 0.6 is 0 Å². The largest absolute Gasteiger partial charge is 0.452 e. The lowest BCUT2D eigenvalue weighted by Crippen LogP contribution is -2.80. The predicted molar refractivity (Wildman–Crippen MR) is 75.1 cm³/mol. The molecule has 31 heavy (non-hydrogen) atoms. The van der Waals surface area contributed by atoms with Crippen LogP contribution in [0.25, 0.3) is 0 Å². The number of aliphatic hydroxyl groups is 2. The molecular weight excluding hydrogens is 472 g/mol. The van der Waals surface area contributed by atoms with Crippen LogP contribution in [0.1, 0.15) is 25.7 Å². The average molecular weight is 486 g/mol. The molecule has 0 amide bonds. The summed E-state index contributed by atoms with van der Waals surface area (Å²) < 4.78 is 165. The first-order valence-electron chi connectivity index (χ1n) is 8.11. The fourth-order valence-electron chi connectivity index (χ4n) is 3.74. The quantitative estimate of drug-likeness (QED) is 0.352. The number of rotatable bonds is 4. The summed E-state index contributed by atoms with van der Waals surface area (Å²) in [5.41, 5.74) is -17.6. The molecule has 2 atom stereocenters. The van der Waals surface area contributed by atoms with Crippen LogP contribution in [0.15, 0.2) is 12.7 Å². The zero-order valence-electron chi connectivity index (χ0n) is 14.9. The van der Waals surface area contributed by atoms with Crippen LogP contribution < -0.4 is 0 Å². The second-order valence-electron chi connectivity index (χ2n) is 6.78. The minimum Gasteiger partial charge on any atom is -0.452 e. The first-order valence-corrected chi connectivity index (χ1v) is 8.11. The Hall–Kier alpha value is -1.71. The van der Waals surface area contributed by atoms with Gasteiger partial charge in [-0.3, -0.25) is 0 Å². The van der Waals surface area contributed by atoms with E-state index in [1.54, 1.807) is 0 Å². The fraction of sp³-hybridized carbons (Fsp3) is 0.800. The molecule has 0 spiro atoms. The monoisotopic (exact) mass is 486 g/mol. The second-order valence-corrected chi connectivity index (χ2v) is 6.78. The third-order valence-electron chi connectivity index (χ3n) is 5.10. The summed E-state index contributed by atoms with van der Waals surface area (Å²) in [5, 5.41) is 19.4. The lowest BCUT2D eigenvalue weighted by atomic mass is 9.59. The smallest absolute Gasteiger partial charge is 0.430 e. The summed E-state index contributed by atoms with van der Waals surface area (Å²) in [6, 6.07) is 0. The third-order valence-corrected chi connectivity index (χ3v) is 5.10. The first-order chi connectivity index (χ1) is 13.5. The van der Waals surface area contributed by atoms with Gasteiger partial charge in [0.15, 0.2) is 5.60 Å². The summed E-state index contributed by atoms with van der Waals surface area (Å²) in [4.78, 5) is 11.5. The highest BCUT2D eigenvalue weighted by atomic mass is 19.4. The Balaban J connectivity index is 4.16. The molecule has 2 unspecified atom stereocenters. The average Bonchev–Trinajstić information content (AvgIpc) is 2.56. The molecule has 2 N–H and O–H groups in total. The minimum atomic E-state index is -6.99. The van der Waals surface area contributed by atoms with Crippen LogP contribution in [0.3, 0.4) is 0 Å². The predicted octanol–water partition coefficient (Wildman–Crippen LogP) is 4.36. The Morgan fingerprint density at radius 1 is 0.839 bits per heavy atom. The summed E-state index contributed by atoms with van der Waals surface area (Å²) in [7, 11) is 0. The number of alkyl halides is 12. The van der Waals surface area contributed by atoms with Crippen molar-refractivity contribution in [2.45, 2.75) is 67.2 Å². The highest BCUT2D eigenvalue weighted by Crippen LogP contribution is 2.63. The molecule has 0 bridgehead atoms. The van der Waals surface area contributed by atoms with E-state index in [2.05, 4.69) is 11.3 Å². The van der Waals surface area contributed by atoms with Crippen LogP contribution in [0, 0.1) is 5.92 Å². The Bertz CT molecular complexity index is 662. The highest BCUT2D eigenvalue weighted by molar-refractivity contribution is 5.81. The van der Waals surface area contributed by atoms with E-state index >= 15 is 0 Å². The van der Waals surface area contributed by atoms with E-state index in [9.17, 15) is 67.7 Å². The van der Waals surface area contributed by atoms with Crippen molar-refractivity contribution in [1.29, 1.82) is 0 Å². The summed E-state index contributed by atoms with van der Waals surface area (Å²) >= 11 is 0. The molecule has 0 aliphatic heterocycles. The van der Waals surface area contributed by atoms with Crippen LogP contribution in [0.4, 0.5) is 52.7 Å². The van der Waals surface area contributed by atoms with Crippen LogP contribution in [-0.4, -0.2) is 57.7 Å². The van der Waals surface area contributed by atoms with Gasteiger partial charge in [0.1, 0.15) is 0 Å². The number of carbonyl (C=O) groups excluding carboxylic acids is 1. The summed E-state index contributed by atoms with van der Waals surface area (Å²) in [5.74, 6) is -6.43. The Kier molecular flexibility index (Phi) is 6.79. The van der Waals surface area contributed by atoms with Gasteiger partial charge in [-0.25, -0.2) is 4.79 Å². The van der Waals surface area contributed by atoms with Gasteiger partial charge in [-0.15, -0.1) is 0 Å². The molecule has 1 fully saturated rings. The van der Waals surface area contributed by atoms with Gasteiger partial charge in [0.25, 0.3) is 11.2 Å². The number of hydrogen-bond acceptors (Lipinski definition) is 4. The van der Waals surface area contributed by atoms with Crippen molar-refractivity contribution in [2.75, 3.05) is 0 Å². The maximum Gasteiger partial charge on any atom is 0.430 e. The molecule has 1 aliphatic carbocycles. The zero-order valence-corrected chi connectivity index (χ0v) is 14.9. The van der Waals surface area contributed by atoms with Crippen molar-refractivity contribution in [2.24, 2.45) is 5.92 Å². The molecule has 0 radical (unpaired) electrons. The number of carbonyl (C=O) groups is 1. The van der Waals surface area contributed by atoms with Gasteiger partial charge < -0.3 is 14.9 Å². The molecule has 0 aromatic carbocycles. The summed E-state index contributed by atoms with van der Waals surface area (Å²) in [6.45, 7) is 2.62. The zero-order chi connectivity index (χ0) is 24.9. The Morgan fingerprint density at radius 2 is 1.26 bits per heavy atom. The molecule has 16 heteroatoms. The molecular formula is C15H14F12O4. The van der Waals surface area contributed by atoms with Gasteiger partial charge in [0, 0.05) is 12.0 Å². The normalized spacial score (nSPS) is 24.6. The second kappa shape index (κ2) is 7.71. The molecule has 1 aliphatic rings. The van der Waals surface area contributed by atoms with E-state index in [1.807, 2.05) is 0 Å². The van der Waals surface area contributed by atoms with Crippen LogP contribution in [-0.2, 0) is 9.53 Å². The van der Waals surface area contributed by atoms with Gasteiger partial charge in [-0.2, -0.15) is 52.7 Å². The van der Waals surface area contributed by atoms with Crippen molar-refractivity contribution in [3.8, 4) is 0 Å². The maximum atomic E-state index is 13.5. The van der Waals surface area contributed by atoms with Crippen molar-refractivity contribution >= 4 is 5.97 Å². The number of hydrogen-bond donors (Lipinski definition) is 2. The lowest BCUT2D eigenvalue weighted by Gasteiger charge is -2.56. The SMILES string of the molecule is C=CC(=O)OC1(C(O)(C(F)(F)F)C(F)(F)F)CCCCC1C(O)(C(F)(F)F)C(F)(F)F. The van der Waals surface area contributed by atoms with Crippen LogP contribution in [0.2, 0.25) is 0 Å². The Labute approximate surface area is 165 Å². The van der Waals surface area contributed by atoms with Gasteiger partial charge >= 0.3 is 30.7 Å². The topological polar surface area (TPSA) is 66.8 Å². The maximum absolute atomic E-state index is 13.5. The molecule has 1 saturated carbocycles. The van der Waals surface area contributed by atoms with E-state index in [-0.39, 0.29) is 6.08 Å². The minimum absolute atomic E-state index is 0.124. The Morgan fingerprint density at radius 3 is 1.58 bits per heavy atom. The van der Waals surface area contributed by atoms with Crippen LogP contribution in [0.5, 0.6) is 0 Å². The van der Waals surface area contributed by atoms with E-state index < -0.39 is 79.1 Å². The third kappa shape index (κ3) is 3.96. The van der Waals surface area contributed by atoms with E-state index in [4.69, 9.17) is 0 Å². The molecule has 182 valence electrons. The van der Waals surface area contributed by atoms with Crippen molar-refractivity contribution in [3.05, 3.63) is 12.7 Å². The number of esters is 1. The van der Waals surface area contributed by atoms with E-state index in [0.717, 1.165) is 0 Å². The van der Waals surface area contributed by atoms with Gasteiger partial charge in [-0.05, 0) is 19.3 Å². The first kappa shape index (κ1) is 27.3. The van der Waals surface area contributed by atoms with Gasteiger partial charge in [0.05, 0.1) is 0 Å². The fourth-order valence-corrected chi connectivity index (χ4v) is 3.74. The number of halogens is 12. The van der Waals surface area contributed by atoms with Crippen molar-refractivity contribution in [3.63, 3.8) is 0 Å². The molecule has 0 aromatic rings. The number of ether oxygens (including phenoxy) is 1. The molecule has 0 aromatic heterocycles. The highest BCUT2D eigenvalue weighted by Gasteiger charge is 2.88. The van der Waals surface area contributed by atoms with E-state index in [0.29, 0.717) is 0 Å². The van der Waals surface area contributed by atoms with Gasteiger partial charge in [-0.1, -0.05) is 13.0 Å². The summed E-state index contributed by atoms with van der Waals surface area (Å²) in [6.07, 6.45) is -33.3. The molecule has 0 heterocycles. The van der Waals surface area contributed by atoms with Crippen molar-refractivity contribution in [1.82, 2.24) is 0 Å². The standard InChI is InChI=1S/C15H14F12O4/c1-2-8(28)31-9(11(30,14(22,23)24)15(25,26)27)6-4-3-5-7(9)10(29,12(16,17)18)13(19,20)21/h2,7,29-30H,1,3-6H2. The molecule has 0 saturated heterocycles. The molecule has 4 nitrogen and oxygen atoms in total. The van der Waals surface area contributed by atoms with E-state index in [1.165, 1.54) is 0 Å².